The molecule has 0 aliphatic carbocycles. The van der Waals surface area contributed by atoms with Crippen LogP contribution in [0, 0.1) is 0 Å². The Kier molecular flexibility index (Phi) is 5.21. The summed E-state index contributed by atoms with van der Waals surface area (Å²) in [7, 11) is 0. The molecule has 5 nitrogen and oxygen atoms in total. The molecule has 1 aliphatic heterocycles. The van der Waals surface area contributed by atoms with Crippen LogP contribution < -0.4 is 0 Å². The first-order chi connectivity index (χ1) is 11.1. The van der Waals surface area contributed by atoms with Crippen LogP contribution in [0.4, 0.5) is 0 Å². The zero-order valence-corrected chi connectivity index (χ0v) is 14.4. The van der Waals surface area contributed by atoms with Crippen LogP contribution in [-0.2, 0) is 22.4 Å². The van der Waals surface area contributed by atoms with E-state index in [0.717, 1.165) is 18.4 Å². The van der Waals surface area contributed by atoms with E-state index in [4.69, 9.17) is 32.7 Å². The number of benzene rings is 1. The number of nitrogens with zero attached hydrogens (tertiary/aromatic N) is 3. The predicted molar refractivity (Wildman–Crippen MR) is 88.7 cm³/mol. The van der Waals surface area contributed by atoms with E-state index in [1.165, 1.54) is 6.33 Å². The Morgan fingerprint density at radius 1 is 1.39 bits per heavy atom. The maximum absolute atomic E-state index is 6.32. The van der Waals surface area contributed by atoms with Crippen molar-refractivity contribution in [2.45, 2.75) is 44.6 Å². The summed E-state index contributed by atoms with van der Waals surface area (Å²) < 4.78 is 14.0. The van der Waals surface area contributed by atoms with E-state index in [2.05, 4.69) is 17.0 Å². The molecule has 0 bridgehead atoms. The van der Waals surface area contributed by atoms with Crippen LogP contribution in [0.2, 0.25) is 10.0 Å². The number of halogens is 2. The first-order valence-electron chi connectivity index (χ1n) is 7.68. The highest BCUT2D eigenvalue weighted by atomic mass is 35.5. The molecule has 0 amide bonds. The van der Waals surface area contributed by atoms with E-state index in [1.54, 1.807) is 17.1 Å². The van der Waals surface area contributed by atoms with Crippen LogP contribution in [0.3, 0.4) is 0 Å². The summed E-state index contributed by atoms with van der Waals surface area (Å²) in [6.45, 7) is 3.18. The van der Waals surface area contributed by atoms with Gasteiger partial charge in [-0.2, -0.15) is 5.10 Å². The number of ether oxygens (including phenoxy) is 2. The predicted octanol–water partition coefficient (Wildman–Crippen LogP) is 3.74. The van der Waals surface area contributed by atoms with Gasteiger partial charge in [-0.3, -0.25) is 0 Å². The molecule has 3 rings (SSSR count). The molecule has 2 aromatic rings. The lowest BCUT2D eigenvalue weighted by Gasteiger charge is -2.28. The van der Waals surface area contributed by atoms with E-state index in [0.29, 0.717) is 29.6 Å². The van der Waals surface area contributed by atoms with Crippen molar-refractivity contribution in [1.82, 2.24) is 14.8 Å². The molecule has 1 aliphatic rings. The smallest absolute Gasteiger partial charge is 0.192 e. The van der Waals surface area contributed by atoms with Gasteiger partial charge in [-0.05, 0) is 24.1 Å². The van der Waals surface area contributed by atoms with Crippen molar-refractivity contribution in [3.63, 3.8) is 0 Å². The standard InChI is InChI=1S/C16H19Cl2N3O2/c1-2-3-14-8-22-16(23-14,9-21-11-19-10-20-21)7-12-4-5-13(17)6-15(12)18/h4-6,10-11,14H,2-3,7-9H2,1H3. The van der Waals surface area contributed by atoms with Crippen LogP contribution in [0.25, 0.3) is 0 Å². The lowest BCUT2D eigenvalue weighted by atomic mass is 10.0. The number of aromatic nitrogens is 3. The summed E-state index contributed by atoms with van der Waals surface area (Å²) in [6.07, 6.45) is 5.80. The Morgan fingerprint density at radius 2 is 2.26 bits per heavy atom. The molecule has 0 saturated carbocycles. The Morgan fingerprint density at radius 3 is 2.96 bits per heavy atom. The van der Waals surface area contributed by atoms with Crippen molar-refractivity contribution >= 4 is 23.2 Å². The molecule has 0 spiro atoms. The number of rotatable bonds is 6. The van der Waals surface area contributed by atoms with Gasteiger partial charge >= 0.3 is 0 Å². The molecule has 2 atom stereocenters. The third-order valence-electron chi connectivity index (χ3n) is 3.87. The second kappa shape index (κ2) is 7.18. The maximum Gasteiger partial charge on any atom is 0.192 e. The molecule has 0 radical (unpaired) electrons. The molecule has 23 heavy (non-hydrogen) atoms. The summed E-state index contributed by atoms with van der Waals surface area (Å²) in [5, 5.41) is 5.39. The molecular formula is C16H19Cl2N3O2. The molecule has 2 unspecified atom stereocenters. The van der Waals surface area contributed by atoms with Crippen molar-refractivity contribution in [3.8, 4) is 0 Å². The van der Waals surface area contributed by atoms with E-state index >= 15 is 0 Å². The minimum atomic E-state index is -0.787. The average Bonchev–Trinajstić information content (AvgIpc) is 3.14. The van der Waals surface area contributed by atoms with Crippen molar-refractivity contribution in [3.05, 3.63) is 46.5 Å². The largest absolute Gasteiger partial charge is 0.345 e. The highest BCUT2D eigenvalue weighted by molar-refractivity contribution is 6.35. The van der Waals surface area contributed by atoms with Gasteiger partial charge in [0.05, 0.1) is 19.3 Å². The van der Waals surface area contributed by atoms with Crippen LogP contribution in [-0.4, -0.2) is 33.3 Å². The van der Waals surface area contributed by atoms with Gasteiger partial charge in [-0.15, -0.1) is 0 Å². The third kappa shape index (κ3) is 4.04. The Bertz CT molecular complexity index is 651. The van der Waals surface area contributed by atoms with Crippen molar-refractivity contribution in [2.24, 2.45) is 0 Å². The Labute approximate surface area is 145 Å². The molecular weight excluding hydrogens is 337 g/mol. The zero-order valence-electron chi connectivity index (χ0n) is 12.9. The highest BCUT2D eigenvalue weighted by Crippen LogP contribution is 2.34. The Hall–Kier alpha value is -1.14. The van der Waals surface area contributed by atoms with Gasteiger partial charge in [0, 0.05) is 16.5 Å². The first-order valence-corrected chi connectivity index (χ1v) is 8.44. The van der Waals surface area contributed by atoms with Crippen molar-refractivity contribution in [1.29, 1.82) is 0 Å². The van der Waals surface area contributed by atoms with Gasteiger partial charge in [0.2, 0.25) is 0 Å². The SMILES string of the molecule is CCCC1COC(Cc2ccc(Cl)cc2Cl)(Cn2cncn2)O1. The number of hydrogen-bond donors (Lipinski definition) is 0. The molecule has 124 valence electrons. The minimum Gasteiger partial charge on any atom is -0.345 e. The normalized spacial score (nSPS) is 24.2. The van der Waals surface area contributed by atoms with Crippen molar-refractivity contribution in [2.75, 3.05) is 6.61 Å². The van der Waals surface area contributed by atoms with E-state index < -0.39 is 5.79 Å². The topological polar surface area (TPSA) is 49.2 Å². The molecule has 2 heterocycles. The minimum absolute atomic E-state index is 0.0922. The zero-order chi connectivity index (χ0) is 16.3. The lowest BCUT2D eigenvalue weighted by molar-refractivity contribution is -0.179. The third-order valence-corrected chi connectivity index (χ3v) is 4.46. The second-order valence-electron chi connectivity index (χ2n) is 5.76. The molecule has 1 saturated heterocycles. The molecule has 7 heteroatoms. The first kappa shape index (κ1) is 16.7. The second-order valence-corrected chi connectivity index (χ2v) is 6.60. The van der Waals surface area contributed by atoms with Gasteiger partial charge in [0.25, 0.3) is 0 Å². The molecule has 0 N–H and O–H groups in total. The summed E-state index contributed by atoms with van der Waals surface area (Å²) in [5.74, 6) is -0.787. The van der Waals surface area contributed by atoms with E-state index in [-0.39, 0.29) is 6.10 Å². The lowest BCUT2D eigenvalue weighted by Crippen LogP contribution is -2.39. The monoisotopic (exact) mass is 355 g/mol. The van der Waals surface area contributed by atoms with Crippen LogP contribution in [0.15, 0.2) is 30.9 Å². The molecule has 1 aromatic heterocycles. The molecule has 1 aromatic carbocycles. The van der Waals surface area contributed by atoms with Gasteiger partial charge in [0.15, 0.2) is 5.79 Å². The van der Waals surface area contributed by atoms with E-state index in [9.17, 15) is 0 Å². The highest BCUT2D eigenvalue weighted by Gasteiger charge is 2.42. The van der Waals surface area contributed by atoms with Gasteiger partial charge < -0.3 is 9.47 Å². The Balaban J connectivity index is 1.83. The molecule has 1 fully saturated rings. The fourth-order valence-corrected chi connectivity index (χ4v) is 3.30. The maximum atomic E-state index is 6.32. The van der Waals surface area contributed by atoms with Crippen molar-refractivity contribution < 1.29 is 9.47 Å². The summed E-state index contributed by atoms with van der Waals surface area (Å²) in [5.41, 5.74) is 0.938. The van der Waals surface area contributed by atoms with Crippen LogP contribution in [0.1, 0.15) is 25.3 Å². The van der Waals surface area contributed by atoms with Gasteiger partial charge in [0.1, 0.15) is 12.7 Å². The summed E-state index contributed by atoms with van der Waals surface area (Å²) in [4.78, 5) is 3.98. The van der Waals surface area contributed by atoms with Gasteiger partial charge in [-0.25, -0.2) is 9.67 Å². The number of hydrogen-bond acceptors (Lipinski definition) is 4. The summed E-state index contributed by atoms with van der Waals surface area (Å²) in [6, 6.07) is 5.47. The van der Waals surface area contributed by atoms with Gasteiger partial charge in [-0.1, -0.05) is 42.6 Å². The van der Waals surface area contributed by atoms with Crippen LogP contribution in [0.5, 0.6) is 0 Å². The fourth-order valence-electron chi connectivity index (χ4n) is 2.83. The quantitative estimate of drug-likeness (QED) is 0.791. The fraction of sp³-hybridized carbons (Fsp3) is 0.500. The van der Waals surface area contributed by atoms with E-state index in [1.807, 2.05) is 12.1 Å². The summed E-state index contributed by atoms with van der Waals surface area (Å²) >= 11 is 12.3. The van der Waals surface area contributed by atoms with Crippen LogP contribution >= 0.6 is 23.2 Å². The average molecular weight is 356 g/mol.